The van der Waals surface area contributed by atoms with Crippen LogP contribution in [0.4, 0.5) is 0 Å². The van der Waals surface area contributed by atoms with Crippen molar-refractivity contribution in [1.82, 2.24) is 0 Å². The van der Waals surface area contributed by atoms with Gasteiger partial charge in [-0.15, -0.1) is 0 Å². The molecule has 0 spiro atoms. The Labute approximate surface area is 105 Å². The van der Waals surface area contributed by atoms with Crippen LogP contribution < -0.4 is 0 Å². The Morgan fingerprint density at radius 3 is 2.61 bits per heavy atom. The Morgan fingerprint density at radius 1 is 1.22 bits per heavy atom. The van der Waals surface area contributed by atoms with Crippen LogP contribution in [-0.4, -0.2) is 10.9 Å². The summed E-state index contributed by atoms with van der Waals surface area (Å²) < 4.78 is 0. The van der Waals surface area contributed by atoms with Gasteiger partial charge in [0.05, 0.1) is 17.2 Å². The monoisotopic (exact) mass is 237 g/mol. The molecule has 0 aromatic heterocycles. The van der Waals surface area contributed by atoms with Gasteiger partial charge in [0.2, 0.25) is 0 Å². The highest BCUT2D eigenvalue weighted by Gasteiger charge is 2.10. The number of rotatable bonds is 2. The van der Waals surface area contributed by atoms with E-state index in [1.165, 1.54) is 13.0 Å². The van der Waals surface area contributed by atoms with Gasteiger partial charge < -0.3 is 5.11 Å². The number of benzene rings is 2. The summed E-state index contributed by atoms with van der Waals surface area (Å²) in [6, 6.07) is 14.0. The molecule has 3 nitrogen and oxygen atoms in total. The lowest BCUT2D eigenvalue weighted by Gasteiger charge is -2.07. The first kappa shape index (κ1) is 11.9. The minimum atomic E-state index is -0.205. The van der Waals surface area contributed by atoms with Crippen LogP contribution in [0.5, 0.6) is 5.75 Å². The molecule has 3 heteroatoms. The van der Waals surface area contributed by atoms with E-state index in [4.69, 9.17) is 5.26 Å². The SMILES string of the molecule is CC(=O)c1cc(-c2ccccc2C#N)ccc1O. The zero-order valence-electron chi connectivity index (χ0n) is 9.84. The van der Waals surface area contributed by atoms with Gasteiger partial charge in [-0.3, -0.25) is 4.79 Å². The molecule has 1 N–H and O–H groups in total. The lowest BCUT2D eigenvalue weighted by molar-refractivity contribution is 0.101. The van der Waals surface area contributed by atoms with Gasteiger partial charge in [0, 0.05) is 0 Å². The molecule has 0 aliphatic rings. The largest absolute Gasteiger partial charge is 0.507 e. The van der Waals surface area contributed by atoms with Crippen LogP contribution in [0.3, 0.4) is 0 Å². The number of aromatic hydroxyl groups is 1. The fourth-order valence-corrected chi connectivity index (χ4v) is 1.82. The highest BCUT2D eigenvalue weighted by molar-refractivity contribution is 5.98. The number of phenolic OH excluding ortho intramolecular Hbond substituents is 1. The maximum atomic E-state index is 11.4. The molecule has 18 heavy (non-hydrogen) atoms. The van der Waals surface area contributed by atoms with Crippen molar-refractivity contribution in [3.8, 4) is 22.9 Å². The molecule has 0 heterocycles. The van der Waals surface area contributed by atoms with Gasteiger partial charge in [0.25, 0.3) is 0 Å². The molecule has 0 saturated heterocycles. The lowest BCUT2D eigenvalue weighted by atomic mass is 9.97. The summed E-state index contributed by atoms with van der Waals surface area (Å²) in [6.07, 6.45) is 0. The van der Waals surface area contributed by atoms with Crippen molar-refractivity contribution in [2.24, 2.45) is 0 Å². The van der Waals surface area contributed by atoms with Crippen LogP contribution in [0, 0.1) is 11.3 Å². The maximum Gasteiger partial charge on any atom is 0.163 e. The first-order chi connectivity index (χ1) is 8.63. The number of nitriles is 1. The van der Waals surface area contributed by atoms with Gasteiger partial charge in [-0.25, -0.2) is 0 Å². The van der Waals surface area contributed by atoms with Gasteiger partial charge in [-0.2, -0.15) is 5.26 Å². The van der Waals surface area contributed by atoms with Crippen molar-refractivity contribution < 1.29 is 9.90 Å². The van der Waals surface area contributed by atoms with Crippen molar-refractivity contribution in [2.75, 3.05) is 0 Å². The number of carbonyl (C=O) groups excluding carboxylic acids is 1. The molecular weight excluding hydrogens is 226 g/mol. The predicted molar refractivity (Wildman–Crippen MR) is 68.3 cm³/mol. The number of carbonyl (C=O) groups is 1. The van der Waals surface area contributed by atoms with E-state index in [0.29, 0.717) is 5.56 Å². The molecule has 2 aromatic carbocycles. The van der Waals surface area contributed by atoms with Gasteiger partial charge in [0.15, 0.2) is 5.78 Å². The average Bonchev–Trinajstić information content (AvgIpc) is 2.39. The van der Waals surface area contributed by atoms with Crippen LogP contribution in [0.25, 0.3) is 11.1 Å². The molecule has 0 aliphatic carbocycles. The Bertz CT molecular complexity index is 654. The highest BCUT2D eigenvalue weighted by atomic mass is 16.3. The topological polar surface area (TPSA) is 61.1 Å². The molecule has 0 atom stereocenters. The molecule has 88 valence electrons. The number of hydrogen-bond donors (Lipinski definition) is 1. The van der Waals surface area contributed by atoms with Crippen LogP contribution >= 0.6 is 0 Å². The van der Waals surface area contributed by atoms with E-state index < -0.39 is 0 Å². The standard InChI is InChI=1S/C15H11NO2/c1-10(17)14-8-11(6-7-15(14)18)13-5-3-2-4-12(13)9-16/h2-8,18H,1H3. The van der Waals surface area contributed by atoms with Gasteiger partial charge in [0.1, 0.15) is 5.75 Å². The molecular formula is C15H11NO2. The summed E-state index contributed by atoms with van der Waals surface area (Å²) in [7, 11) is 0. The fraction of sp³-hybridized carbons (Fsp3) is 0.0667. The summed E-state index contributed by atoms with van der Waals surface area (Å²) in [6.45, 7) is 1.40. The molecule has 0 amide bonds. The zero-order chi connectivity index (χ0) is 13.1. The number of nitrogens with zero attached hydrogens (tertiary/aromatic N) is 1. The van der Waals surface area contributed by atoms with Crippen molar-refractivity contribution in [3.05, 3.63) is 53.6 Å². The number of Topliss-reactive ketones (excluding diaryl/α,β-unsaturated/α-hetero) is 1. The maximum absolute atomic E-state index is 11.4. The third kappa shape index (κ3) is 2.09. The third-order valence-corrected chi connectivity index (χ3v) is 2.73. The van der Waals surface area contributed by atoms with E-state index in [0.717, 1.165) is 11.1 Å². The quantitative estimate of drug-likeness (QED) is 0.816. The van der Waals surface area contributed by atoms with E-state index in [2.05, 4.69) is 6.07 Å². The summed E-state index contributed by atoms with van der Waals surface area (Å²) in [5, 5.41) is 18.6. The molecule has 2 rings (SSSR count). The fourth-order valence-electron chi connectivity index (χ4n) is 1.82. The second-order valence-corrected chi connectivity index (χ2v) is 3.95. The Hall–Kier alpha value is -2.60. The normalized spacial score (nSPS) is 9.78. The van der Waals surface area contributed by atoms with Crippen molar-refractivity contribution >= 4 is 5.78 Å². The van der Waals surface area contributed by atoms with E-state index >= 15 is 0 Å². The molecule has 0 fully saturated rings. The molecule has 2 aromatic rings. The molecule has 0 saturated carbocycles. The molecule has 0 bridgehead atoms. The second kappa shape index (κ2) is 4.72. The number of phenols is 1. The lowest BCUT2D eigenvalue weighted by Crippen LogP contribution is -1.94. The van der Waals surface area contributed by atoms with Gasteiger partial charge in [-0.1, -0.05) is 24.3 Å². The first-order valence-corrected chi connectivity index (χ1v) is 5.47. The summed E-state index contributed by atoms with van der Waals surface area (Å²) in [4.78, 5) is 11.4. The molecule has 0 radical (unpaired) electrons. The second-order valence-electron chi connectivity index (χ2n) is 3.95. The third-order valence-electron chi connectivity index (χ3n) is 2.73. The van der Waals surface area contributed by atoms with Crippen LogP contribution in [0.1, 0.15) is 22.8 Å². The smallest absolute Gasteiger partial charge is 0.163 e. The minimum Gasteiger partial charge on any atom is -0.507 e. The highest BCUT2D eigenvalue weighted by Crippen LogP contribution is 2.28. The van der Waals surface area contributed by atoms with Crippen molar-refractivity contribution in [2.45, 2.75) is 6.92 Å². The summed E-state index contributed by atoms with van der Waals surface area (Å²) >= 11 is 0. The van der Waals surface area contributed by atoms with E-state index in [-0.39, 0.29) is 17.1 Å². The first-order valence-electron chi connectivity index (χ1n) is 5.47. The summed E-state index contributed by atoms with van der Waals surface area (Å²) in [5.74, 6) is -0.246. The van der Waals surface area contributed by atoms with Crippen molar-refractivity contribution in [1.29, 1.82) is 5.26 Å². The zero-order valence-corrected chi connectivity index (χ0v) is 9.84. The molecule has 0 aliphatic heterocycles. The summed E-state index contributed by atoms with van der Waals surface area (Å²) in [5.41, 5.74) is 2.30. The number of ketones is 1. The minimum absolute atomic E-state index is 0.0410. The number of hydrogen-bond acceptors (Lipinski definition) is 3. The van der Waals surface area contributed by atoms with Crippen LogP contribution in [0.2, 0.25) is 0 Å². The van der Waals surface area contributed by atoms with Crippen LogP contribution in [0.15, 0.2) is 42.5 Å². The van der Waals surface area contributed by atoms with Crippen molar-refractivity contribution in [3.63, 3.8) is 0 Å². The Balaban J connectivity index is 2.62. The van der Waals surface area contributed by atoms with E-state index in [1.54, 1.807) is 24.3 Å². The average molecular weight is 237 g/mol. The predicted octanol–water partition coefficient (Wildman–Crippen LogP) is 3.13. The van der Waals surface area contributed by atoms with E-state index in [9.17, 15) is 9.90 Å². The van der Waals surface area contributed by atoms with Gasteiger partial charge >= 0.3 is 0 Å². The Kier molecular flexibility index (Phi) is 3.11. The van der Waals surface area contributed by atoms with Gasteiger partial charge in [-0.05, 0) is 36.2 Å². The Morgan fingerprint density at radius 2 is 1.94 bits per heavy atom. The molecule has 0 unspecified atom stereocenters. The van der Waals surface area contributed by atoms with E-state index in [1.807, 2.05) is 12.1 Å². The van der Waals surface area contributed by atoms with Crippen LogP contribution in [-0.2, 0) is 0 Å².